The molecule has 0 aromatic carbocycles. The van der Waals surface area contributed by atoms with Crippen LogP contribution in [0.4, 0.5) is 0 Å². The molecule has 0 saturated heterocycles. The Labute approximate surface area is 144 Å². The smallest absolute Gasteiger partial charge is 0.335 e. The molecular weight excluding hydrogens is 312 g/mol. The van der Waals surface area contributed by atoms with Crippen LogP contribution in [0.2, 0.25) is 0 Å². The molecule has 0 aromatic rings. The number of esters is 2. The van der Waals surface area contributed by atoms with Gasteiger partial charge in [0.15, 0.2) is 12.2 Å². The summed E-state index contributed by atoms with van der Waals surface area (Å²) in [5.74, 6) is -0.902. The molecule has 0 aromatic heterocycles. The standard InChI is InChI=1S/C18H30O6/c1-12(2)10-22-15(6)17(19)21-9-8-14(5)24-18(20)16(7)23-11-13(3)4/h14-16H,1,3,8-11H2,2,4-7H3. The summed E-state index contributed by atoms with van der Waals surface area (Å²) < 4.78 is 20.9. The molecule has 0 spiro atoms. The molecule has 24 heavy (non-hydrogen) atoms. The molecule has 0 N–H and O–H groups in total. The molecule has 0 saturated carbocycles. The third-order valence-electron chi connectivity index (χ3n) is 2.91. The van der Waals surface area contributed by atoms with Crippen LogP contribution in [0.3, 0.4) is 0 Å². The van der Waals surface area contributed by atoms with E-state index >= 15 is 0 Å². The van der Waals surface area contributed by atoms with E-state index in [4.69, 9.17) is 18.9 Å². The van der Waals surface area contributed by atoms with Crippen molar-refractivity contribution >= 4 is 11.9 Å². The van der Waals surface area contributed by atoms with Crippen molar-refractivity contribution < 1.29 is 28.5 Å². The fourth-order valence-electron chi connectivity index (χ4n) is 1.47. The van der Waals surface area contributed by atoms with E-state index in [9.17, 15) is 9.59 Å². The minimum atomic E-state index is -0.665. The summed E-state index contributed by atoms with van der Waals surface area (Å²) in [5, 5.41) is 0. The highest BCUT2D eigenvalue weighted by molar-refractivity contribution is 5.74. The molecule has 0 heterocycles. The van der Waals surface area contributed by atoms with Gasteiger partial charge in [0, 0.05) is 6.42 Å². The number of hydrogen-bond donors (Lipinski definition) is 0. The van der Waals surface area contributed by atoms with Crippen molar-refractivity contribution in [3.63, 3.8) is 0 Å². The van der Waals surface area contributed by atoms with Crippen LogP contribution < -0.4 is 0 Å². The monoisotopic (exact) mass is 342 g/mol. The zero-order valence-corrected chi connectivity index (χ0v) is 15.4. The Bertz CT molecular complexity index is 443. The Morgan fingerprint density at radius 3 is 1.79 bits per heavy atom. The predicted molar refractivity (Wildman–Crippen MR) is 91.6 cm³/mol. The highest BCUT2D eigenvalue weighted by atomic mass is 16.6. The Balaban J connectivity index is 3.98. The lowest BCUT2D eigenvalue weighted by molar-refractivity contribution is -0.162. The molecule has 0 fully saturated rings. The van der Waals surface area contributed by atoms with Crippen LogP contribution in [0, 0.1) is 0 Å². The largest absolute Gasteiger partial charge is 0.464 e. The summed E-state index contributed by atoms with van der Waals surface area (Å²) in [6.45, 7) is 16.8. The van der Waals surface area contributed by atoms with Gasteiger partial charge in [0.05, 0.1) is 19.8 Å². The lowest BCUT2D eigenvalue weighted by Gasteiger charge is -2.18. The third kappa shape index (κ3) is 11.0. The molecular formula is C18H30O6. The fourth-order valence-corrected chi connectivity index (χ4v) is 1.47. The first kappa shape index (κ1) is 22.3. The molecule has 0 rings (SSSR count). The van der Waals surface area contributed by atoms with Crippen molar-refractivity contribution in [3.8, 4) is 0 Å². The van der Waals surface area contributed by atoms with Crippen molar-refractivity contribution in [1.82, 2.24) is 0 Å². The van der Waals surface area contributed by atoms with Gasteiger partial charge in [-0.3, -0.25) is 0 Å². The molecule has 0 aliphatic rings. The van der Waals surface area contributed by atoms with Gasteiger partial charge in [-0.2, -0.15) is 0 Å². The number of carbonyl (C=O) groups excluding carboxylic acids is 2. The Morgan fingerprint density at radius 2 is 1.33 bits per heavy atom. The summed E-state index contributed by atoms with van der Waals surface area (Å²) >= 11 is 0. The highest BCUT2D eigenvalue weighted by Gasteiger charge is 2.19. The maximum absolute atomic E-state index is 11.8. The van der Waals surface area contributed by atoms with Gasteiger partial charge < -0.3 is 18.9 Å². The van der Waals surface area contributed by atoms with Gasteiger partial charge in [-0.1, -0.05) is 24.3 Å². The minimum absolute atomic E-state index is 0.148. The van der Waals surface area contributed by atoms with Crippen molar-refractivity contribution in [2.24, 2.45) is 0 Å². The predicted octanol–water partition coefficient (Wildman–Crippen LogP) is 2.81. The van der Waals surface area contributed by atoms with Crippen molar-refractivity contribution in [2.75, 3.05) is 19.8 Å². The maximum Gasteiger partial charge on any atom is 0.335 e. The summed E-state index contributed by atoms with van der Waals surface area (Å²) in [6, 6.07) is 0. The average molecular weight is 342 g/mol. The van der Waals surface area contributed by atoms with Crippen LogP contribution in [0.1, 0.15) is 41.0 Å². The van der Waals surface area contributed by atoms with Gasteiger partial charge in [-0.15, -0.1) is 0 Å². The number of carbonyl (C=O) groups is 2. The first-order valence-corrected chi connectivity index (χ1v) is 8.02. The molecule has 6 heteroatoms. The molecule has 3 unspecified atom stereocenters. The second-order valence-electron chi connectivity index (χ2n) is 6.02. The van der Waals surface area contributed by atoms with E-state index in [0.29, 0.717) is 19.6 Å². The Morgan fingerprint density at radius 1 is 0.875 bits per heavy atom. The van der Waals surface area contributed by atoms with Gasteiger partial charge in [-0.05, 0) is 34.6 Å². The second-order valence-corrected chi connectivity index (χ2v) is 6.02. The number of hydrogen-bond acceptors (Lipinski definition) is 6. The normalized spacial score (nSPS) is 14.4. The van der Waals surface area contributed by atoms with Crippen molar-refractivity contribution in [3.05, 3.63) is 24.3 Å². The van der Waals surface area contributed by atoms with Crippen LogP contribution >= 0.6 is 0 Å². The van der Waals surface area contributed by atoms with Gasteiger partial charge in [0.25, 0.3) is 0 Å². The van der Waals surface area contributed by atoms with Crippen molar-refractivity contribution in [1.29, 1.82) is 0 Å². The Kier molecular flexibility index (Phi) is 11.0. The minimum Gasteiger partial charge on any atom is -0.464 e. The van der Waals surface area contributed by atoms with Crippen molar-refractivity contribution in [2.45, 2.75) is 59.4 Å². The molecule has 0 aliphatic carbocycles. The van der Waals surface area contributed by atoms with Crippen LogP contribution in [-0.2, 0) is 28.5 Å². The van der Waals surface area contributed by atoms with Gasteiger partial charge in [0.1, 0.15) is 6.10 Å². The zero-order chi connectivity index (χ0) is 18.7. The second kappa shape index (κ2) is 11.8. The maximum atomic E-state index is 11.8. The van der Waals surface area contributed by atoms with Crippen LogP contribution in [0.15, 0.2) is 24.3 Å². The van der Waals surface area contributed by atoms with E-state index in [1.54, 1.807) is 20.8 Å². The summed E-state index contributed by atoms with van der Waals surface area (Å²) in [5.41, 5.74) is 1.66. The van der Waals surface area contributed by atoms with E-state index in [1.165, 1.54) is 0 Å². The van der Waals surface area contributed by atoms with E-state index in [2.05, 4.69) is 13.2 Å². The fraction of sp³-hybridized carbons (Fsp3) is 0.667. The van der Waals surface area contributed by atoms with Gasteiger partial charge in [0.2, 0.25) is 0 Å². The first-order valence-electron chi connectivity index (χ1n) is 8.02. The van der Waals surface area contributed by atoms with E-state index in [-0.39, 0.29) is 12.7 Å². The zero-order valence-electron chi connectivity index (χ0n) is 15.4. The lowest BCUT2D eigenvalue weighted by atomic mass is 10.3. The number of ether oxygens (including phenoxy) is 4. The van der Waals surface area contributed by atoms with Gasteiger partial charge >= 0.3 is 11.9 Å². The van der Waals surface area contributed by atoms with E-state index in [1.807, 2.05) is 13.8 Å². The van der Waals surface area contributed by atoms with E-state index in [0.717, 1.165) is 11.1 Å². The molecule has 0 radical (unpaired) electrons. The summed E-state index contributed by atoms with van der Waals surface area (Å²) in [4.78, 5) is 23.5. The van der Waals surface area contributed by atoms with Crippen LogP contribution in [0.25, 0.3) is 0 Å². The Hall–Kier alpha value is -1.66. The molecule has 6 nitrogen and oxygen atoms in total. The molecule has 138 valence electrons. The topological polar surface area (TPSA) is 71.1 Å². The number of rotatable bonds is 12. The SMILES string of the molecule is C=C(C)COC(C)C(=O)OCCC(C)OC(=O)C(C)OCC(=C)C. The third-order valence-corrected chi connectivity index (χ3v) is 2.91. The van der Waals surface area contributed by atoms with Crippen LogP contribution in [0.5, 0.6) is 0 Å². The first-order chi connectivity index (χ1) is 11.1. The quantitative estimate of drug-likeness (QED) is 0.401. The summed E-state index contributed by atoms with van der Waals surface area (Å²) in [7, 11) is 0. The molecule has 0 amide bonds. The summed E-state index contributed by atoms with van der Waals surface area (Å²) in [6.07, 6.45) is -1.30. The lowest BCUT2D eigenvalue weighted by Crippen LogP contribution is -2.29. The van der Waals surface area contributed by atoms with E-state index < -0.39 is 24.1 Å². The average Bonchev–Trinajstić information content (AvgIpc) is 2.49. The molecule has 0 aliphatic heterocycles. The van der Waals surface area contributed by atoms with Crippen LogP contribution in [-0.4, -0.2) is 50.1 Å². The highest BCUT2D eigenvalue weighted by Crippen LogP contribution is 2.05. The van der Waals surface area contributed by atoms with Gasteiger partial charge in [-0.25, -0.2) is 9.59 Å². The molecule has 0 bridgehead atoms. The molecule has 3 atom stereocenters.